The molecule has 92 valence electrons. The monoisotopic (exact) mass is 232 g/mol. The maximum absolute atomic E-state index is 9.50. The number of aryl methyl sites for hydroxylation is 1. The van der Waals surface area contributed by atoms with Gasteiger partial charge in [-0.1, -0.05) is 24.1 Å². The summed E-state index contributed by atoms with van der Waals surface area (Å²) in [5.74, 6) is 1.05. The molecule has 2 aliphatic rings. The van der Waals surface area contributed by atoms with E-state index in [4.69, 9.17) is 4.74 Å². The highest BCUT2D eigenvalue weighted by Gasteiger charge is 2.40. The van der Waals surface area contributed by atoms with Crippen molar-refractivity contribution in [3.63, 3.8) is 0 Å². The number of ether oxygens (including phenoxy) is 1. The van der Waals surface area contributed by atoms with Gasteiger partial charge in [0.15, 0.2) is 0 Å². The number of benzene rings is 1. The predicted molar refractivity (Wildman–Crippen MR) is 67.3 cm³/mol. The summed E-state index contributed by atoms with van der Waals surface area (Å²) in [6.07, 6.45) is 5.89. The predicted octanol–water partition coefficient (Wildman–Crippen LogP) is 2.85. The third kappa shape index (κ3) is 1.95. The van der Waals surface area contributed by atoms with E-state index in [2.05, 4.69) is 25.1 Å². The number of aliphatic hydroxyl groups excluding tert-OH is 1. The van der Waals surface area contributed by atoms with Crippen LogP contribution in [-0.4, -0.2) is 17.8 Å². The second kappa shape index (κ2) is 4.02. The Hall–Kier alpha value is -1.02. The number of fused-ring (bicyclic) bond motifs is 1. The zero-order valence-electron chi connectivity index (χ0n) is 10.4. The molecule has 1 aliphatic carbocycles. The van der Waals surface area contributed by atoms with Gasteiger partial charge in [0.2, 0.25) is 0 Å². The van der Waals surface area contributed by atoms with Crippen molar-refractivity contribution in [2.75, 3.05) is 6.61 Å². The number of aliphatic hydroxyl groups is 1. The van der Waals surface area contributed by atoms with Gasteiger partial charge < -0.3 is 9.84 Å². The number of hydrogen-bond donors (Lipinski definition) is 1. The van der Waals surface area contributed by atoms with Gasteiger partial charge in [-0.3, -0.25) is 0 Å². The van der Waals surface area contributed by atoms with Gasteiger partial charge in [-0.15, -0.1) is 0 Å². The Morgan fingerprint density at radius 3 is 2.88 bits per heavy atom. The van der Waals surface area contributed by atoms with E-state index in [-0.39, 0.29) is 11.5 Å². The fourth-order valence-electron chi connectivity index (χ4n) is 3.15. The van der Waals surface area contributed by atoms with E-state index in [1.54, 1.807) is 0 Å². The van der Waals surface area contributed by atoms with E-state index in [1.807, 2.05) is 0 Å². The molecule has 1 heterocycles. The van der Waals surface area contributed by atoms with Gasteiger partial charge in [-0.05, 0) is 43.2 Å². The van der Waals surface area contributed by atoms with Crippen molar-refractivity contribution in [3.05, 3.63) is 29.3 Å². The lowest BCUT2D eigenvalue weighted by atomic mass is 9.66. The molecule has 1 saturated carbocycles. The van der Waals surface area contributed by atoms with Crippen LogP contribution in [0.2, 0.25) is 0 Å². The molecule has 2 nitrogen and oxygen atoms in total. The third-order valence-electron chi connectivity index (χ3n) is 4.37. The molecular formula is C15H20O2. The van der Waals surface area contributed by atoms with E-state index in [1.165, 1.54) is 30.4 Å². The Bertz CT molecular complexity index is 415. The van der Waals surface area contributed by atoms with E-state index in [0.29, 0.717) is 6.61 Å². The minimum Gasteiger partial charge on any atom is -0.490 e. The minimum absolute atomic E-state index is 0.168. The minimum atomic E-state index is 0.168. The summed E-state index contributed by atoms with van der Waals surface area (Å²) < 4.78 is 5.98. The molecule has 0 aromatic heterocycles. The molecule has 0 spiro atoms. The summed E-state index contributed by atoms with van der Waals surface area (Å²) in [4.78, 5) is 0. The average Bonchev–Trinajstić information content (AvgIpc) is 2.65. The lowest BCUT2D eigenvalue weighted by Gasteiger charge is -2.41. The van der Waals surface area contributed by atoms with Crippen molar-refractivity contribution >= 4 is 0 Å². The normalized spacial score (nSPS) is 24.9. The molecule has 0 bridgehead atoms. The van der Waals surface area contributed by atoms with Crippen LogP contribution in [0.4, 0.5) is 0 Å². The molecule has 0 amide bonds. The first-order chi connectivity index (χ1) is 8.21. The Morgan fingerprint density at radius 1 is 1.41 bits per heavy atom. The van der Waals surface area contributed by atoms with Crippen molar-refractivity contribution in [1.29, 1.82) is 0 Å². The van der Waals surface area contributed by atoms with Crippen LogP contribution in [0, 0.1) is 12.3 Å². The largest absolute Gasteiger partial charge is 0.490 e. The van der Waals surface area contributed by atoms with E-state index in [9.17, 15) is 5.11 Å². The molecule has 1 aromatic rings. The smallest absolute Gasteiger partial charge is 0.123 e. The van der Waals surface area contributed by atoms with Crippen LogP contribution >= 0.6 is 0 Å². The van der Waals surface area contributed by atoms with Gasteiger partial charge in [0.05, 0.1) is 0 Å². The molecular weight excluding hydrogens is 212 g/mol. The highest BCUT2D eigenvalue weighted by Crippen LogP contribution is 2.46. The first-order valence-corrected chi connectivity index (χ1v) is 6.58. The molecule has 1 unspecified atom stereocenters. The summed E-state index contributed by atoms with van der Waals surface area (Å²) in [6.45, 7) is 2.44. The number of hydrogen-bond acceptors (Lipinski definition) is 2. The summed E-state index contributed by atoms with van der Waals surface area (Å²) in [5.41, 5.74) is 2.80. The summed E-state index contributed by atoms with van der Waals surface area (Å²) in [7, 11) is 0. The Balaban J connectivity index is 1.70. The van der Waals surface area contributed by atoms with Crippen molar-refractivity contribution < 1.29 is 9.84 Å². The van der Waals surface area contributed by atoms with Gasteiger partial charge in [0.1, 0.15) is 11.9 Å². The van der Waals surface area contributed by atoms with Gasteiger partial charge in [0, 0.05) is 13.0 Å². The average molecular weight is 232 g/mol. The highest BCUT2D eigenvalue weighted by molar-refractivity contribution is 5.40. The molecule has 1 N–H and O–H groups in total. The first kappa shape index (κ1) is 11.1. The van der Waals surface area contributed by atoms with Gasteiger partial charge >= 0.3 is 0 Å². The first-order valence-electron chi connectivity index (χ1n) is 6.58. The molecule has 0 radical (unpaired) electrons. The van der Waals surface area contributed by atoms with Crippen LogP contribution in [0.5, 0.6) is 5.75 Å². The fraction of sp³-hybridized carbons (Fsp3) is 0.600. The Kier molecular flexibility index (Phi) is 2.62. The van der Waals surface area contributed by atoms with Crippen molar-refractivity contribution in [3.8, 4) is 5.75 Å². The van der Waals surface area contributed by atoms with Crippen LogP contribution in [0.25, 0.3) is 0 Å². The zero-order chi connectivity index (χ0) is 11.9. The fourth-order valence-corrected chi connectivity index (χ4v) is 3.15. The molecule has 1 atom stereocenters. The van der Waals surface area contributed by atoms with E-state index >= 15 is 0 Å². The second-order valence-corrected chi connectivity index (χ2v) is 5.77. The lowest BCUT2D eigenvalue weighted by molar-refractivity contribution is 0.00501. The van der Waals surface area contributed by atoms with E-state index in [0.717, 1.165) is 18.6 Å². The molecule has 2 heteroatoms. The van der Waals surface area contributed by atoms with Crippen molar-refractivity contribution in [2.45, 2.75) is 45.1 Å². The van der Waals surface area contributed by atoms with Gasteiger partial charge in [-0.25, -0.2) is 0 Å². The van der Waals surface area contributed by atoms with Crippen LogP contribution in [0.3, 0.4) is 0 Å². The maximum atomic E-state index is 9.50. The SMILES string of the molecule is Cc1ccc2c(c1)CC(CC1(CO)CCC1)O2. The van der Waals surface area contributed by atoms with Crippen molar-refractivity contribution in [2.24, 2.45) is 5.41 Å². The molecule has 1 fully saturated rings. The standard InChI is InChI=1S/C15H20O2/c1-11-3-4-14-12(7-11)8-13(17-14)9-15(10-16)5-2-6-15/h3-4,7,13,16H,2,5-6,8-10H2,1H3. The lowest BCUT2D eigenvalue weighted by Crippen LogP contribution is -2.38. The van der Waals surface area contributed by atoms with Crippen LogP contribution in [-0.2, 0) is 6.42 Å². The Morgan fingerprint density at radius 2 is 2.24 bits per heavy atom. The number of rotatable bonds is 3. The zero-order valence-corrected chi connectivity index (χ0v) is 10.4. The molecule has 17 heavy (non-hydrogen) atoms. The summed E-state index contributed by atoms with van der Waals surface area (Å²) in [5, 5.41) is 9.50. The molecule has 1 aliphatic heterocycles. The highest BCUT2D eigenvalue weighted by atomic mass is 16.5. The molecule has 0 saturated heterocycles. The van der Waals surface area contributed by atoms with Crippen LogP contribution < -0.4 is 4.74 Å². The third-order valence-corrected chi connectivity index (χ3v) is 4.37. The second-order valence-electron chi connectivity index (χ2n) is 5.77. The summed E-state index contributed by atoms with van der Waals surface area (Å²) >= 11 is 0. The molecule has 3 rings (SSSR count). The topological polar surface area (TPSA) is 29.5 Å². The van der Waals surface area contributed by atoms with Gasteiger partial charge in [-0.2, -0.15) is 0 Å². The quantitative estimate of drug-likeness (QED) is 0.868. The van der Waals surface area contributed by atoms with Crippen LogP contribution in [0.15, 0.2) is 18.2 Å². The maximum Gasteiger partial charge on any atom is 0.123 e. The Labute approximate surface area is 103 Å². The van der Waals surface area contributed by atoms with Gasteiger partial charge in [0.25, 0.3) is 0 Å². The van der Waals surface area contributed by atoms with Crippen LogP contribution in [0.1, 0.15) is 36.8 Å². The molecule has 1 aromatic carbocycles. The summed E-state index contributed by atoms with van der Waals surface area (Å²) in [6, 6.07) is 6.41. The van der Waals surface area contributed by atoms with E-state index < -0.39 is 0 Å². The van der Waals surface area contributed by atoms with Crippen molar-refractivity contribution in [1.82, 2.24) is 0 Å².